The van der Waals surface area contributed by atoms with Gasteiger partial charge in [0.1, 0.15) is 6.04 Å². The molecule has 1 aromatic rings. The molecule has 0 spiro atoms. The number of rotatable bonds is 4. The van der Waals surface area contributed by atoms with Gasteiger partial charge in [-0.15, -0.1) is 0 Å². The summed E-state index contributed by atoms with van der Waals surface area (Å²) >= 11 is 0. The first-order valence-corrected chi connectivity index (χ1v) is 7.28. The number of benzene rings is 1. The molecule has 0 aromatic heterocycles. The maximum Gasteiger partial charge on any atom is 0.328 e. The van der Waals surface area contributed by atoms with Crippen LogP contribution in [0.4, 0.5) is 11.4 Å². The predicted molar refractivity (Wildman–Crippen MR) is 79.3 cm³/mol. The van der Waals surface area contributed by atoms with E-state index in [0.29, 0.717) is 23.8 Å². The van der Waals surface area contributed by atoms with E-state index in [1.54, 1.807) is 19.1 Å². The Kier molecular flexibility index (Phi) is 3.79. The Hall–Kier alpha value is -2.44. The van der Waals surface area contributed by atoms with Gasteiger partial charge in [0.2, 0.25) is 12.7 Å². The Morgan fingerprint density at radius 3 is 2.86 bits per heavy atom. The van der Waals surface area contributed by atoms with Gasteiger partial charge in [0, 0.05) is 12.1 Å². The van der Waals surface area contributed by atoms with Crippen molar-refractivity contribution in [2.75, 3.05) is 30.2 Å². The lowest BCUT2D eigenvalue weighted by Crippen LogP contribution is -2.49. The van der Waals surface area contributed by atoms with Crippen LogP contribution < -0.4 is 19.7 Å². The van der Waals surface area contributed by atoms with Gasteiger partial charge >= 0.3 is 5.97 Å². The highest BCUT2D eigenvalue weighted by Crippen LogP contribution is 2.43. The van der Waals surface area contributed by atoms with E-state index in [9.17, 15) is 9.59 Å². The van der Waals surface area contributed by atoms with Crippen LogP contribution in [-0.2, 0) is 14.3 Å². The third kappa shape index (κ3) is 2.43. The lowest BCUT2D eigenvalue weighted by molar-refractivity contribution is -0.145. The van der Waals surface area contributed by atoms with E-state index in [1.165, 1.54) is 4.90 Å². The summed E-state index contributed by atoms with van der Waals surface area (Å²) in [5, 5.41) is 3.03. The molecule has 1 amide bonds. The number of esters is 1. The molecule has 3 rings (SSSR count). The number of carbonyl (C=O) groups excluding carboxylic acids is 2. The van der Waals surface area contributed by atoms with Gasteiger partial charge in [0.05, 0.1) is 24.5 Å². The number of anilines is 2. The summed E-state index contributed by atoms with van der Waals surface area (Å²) in [6.45, 7) is 4.20. The summed E-state index contributed by atoms with van der Waals surface area (Å²) in [7, 11) is 0. The first-order valence-electron chi connectivity index (χ1n) is 7.28. The summed E-state index contributed by atoms with van der Waals surface area (Å²) in [4.78, 5) is 25.8. The monoisotopic (exact) mass is 306 g/mol. The second-order valence-corrected chi connectivity index (χ2v) is 5.18. The van der Waals surface area contributed by atoms with Gasteiger partial charge in [-0.2, -0.15) is 0 Å². The van der Waals surface area contributed by atoms with E-state index in [-0.39, 0.29) is 19.2 Å². The number of fused-ring (bicyclic) bond motifs is 2. The van der Waals surface area contributed by atoms with Crippen LogP contribution in [0.15, 0.2) is 12.1 Å². The number of hydrogen-bond donors (Lipinski definition) is 1. The zero-order chi connectivity index (χ0) is 15.7. The molecule has 0 bridgehead atoms. The molecule has 7 nitrogen and oxygen atoms in total. The topological polar surface area (TPSA) is 77.1 Å². The molecule has 0 radical (unpaired) electrons. The Morgan fingerprint density at radius 1 is 1.41 bits per heavy atom. The Bertz CT molecular complexity index is 616. The summed E-state index contributed by atoms with van der Waals surface area (Å²) in [6, 6.07) is 2.80. The van der Waals surface area contributed by atoms with Crippen LogP contribution in [0.5, 0.6) is 11.5 Å². The average Bonchev–Trinajstić information content (AvgIpc) is 2.97. The fraction of sp³-hybridized carbons (Fsp3) is 0.467. The number of nitrogens with one attached hydrogen (secondary N) is 1. The standard InChI is InChI=1S/C15H18N2O5/c1-3-4-20-15(19)9(2)17-11-6-13-12(21-8-22-13)5-10(11)16-7-14(17)18/h5-6,9,16H,3-4,7-8H2,1-2H3. The van der Waals surface area contributed by atoms with E-state index < -0.39 is 12.0 Å². The van der Waals surface area contributed by atoms with Crippen molar-refractivity contribution in [3.63, 3.8) is 0 Å². The number of amides is 1. The first-order chi connectivity index (χ1) is 10.6. The number of hydrogen-bond acceptors (Lipinski definition) is 6. The lowest BCUT2D eigenvalue weighted by Gasteiger charge is -2.33. The minimum Gasteiger partial charge on any atom is -0.464 e. The minimum atomic E-state index is -0.694. The minimum absolute atomic E-state index is 0.123. The van der Waals surface area contributed by atoms with Gasteiger partial charge in [0.15, 0.2) is 11.5 Å². The summed E-state index contributed by atoms with van der Waals surface area (Å²) in [6.07, 6.45) is 0.739. The van der Waals surface area contributed by atoms with Gasteiger partial charge in [-0.3, -0.25) is 9.69 Å². The molecule has 7 heteroatoms. The Labute approximate surface area is 128 Å². The van der Waals surface area contributed by atoms with E-state index in [1.807, 2.05) is 6.92 Å². The summed E-state index contributed by atoms with van der Waals surface area (Å²) in [5.41, 5.74) is 1.33. The molecule has 118 valence electrons. The lowest BCUT2D eigenvalue weighted by atomic mass is 10.1. The maximum atomic E-state index is 12.3. The predicted octanol–water partition coefficient (Wildman–Crippen LogP) is 1.52. The van der Waals surface area contributed by atoms with E-state index in [2.05, 4.69) is 5.32 Å². The SMILES string of the molecule is CCCOC(=O)C(C)N1C(=O)CNc2cc3c(cc21)OCO3. The largest absolute Gasteiger partial charge is 0.464 e. The quantitative estimate of drug-likeness (QED) is 0.850. The van der Waals surface area contributed by atoms with Crippen molar-refractivity contribution in [1.82, 2.24) is 0 Å². The van der Waals surface area contributed by atoms with Gasteiger partial charge in [-0.05, 0) is 13.3 Å². The van der Waals surface area contributed by atoms with Crippen LogP contribution in [0.25, 0.3) is 0 Å². The average molecular weight is 306 g/mol. The smallest absolute Gasteiger partial charge is 0.328 e. The Morgan fingerprint density at radius 2 is 2.14 bits per heavy atom. The van der Waals surface area contributed by atoms with Gasteiger partial charge < -0.3 is 19.5 Å². The molecule has 1 N–H and O–H groups in total. The summed E-state index contributed by atoms with van der Waals surface area (Å²) < 4.78 is 15.8. The third-order valence-corrected chi connectivity index (χ3v) is 3.63. The second-order valence-electron chi connectivity index (χ2n) is 5.18. The molecule has 1 aromatic carbocycles. The van der Waals surface area contributed by atoms with Crippen molar-refractivity contribution in [3.05, 3.63) is 12.1 Å². The van der Waals surface area contributed by atoms with E-state index in [0.717, 1.165) is 12.1 Å². The van der Waals surface area contributed by atoms with E-state index in [4.69, 9.17) is 14.2 Å². The maximum absolute atomic E-state index is 12.3. The molecule has 0 saturated carbocycles. The number of nitrogens with zero attached hydrogens (tertiary/aromatic N) is 1. The van der Waals surface area contributed by atoms with Crippen LogP contribution in [0.3, 0.4) is 0 Å². The molecule has 2 aliphatic rings. The van der Waals surface area contributed by atoms with Gasteiger partial charge in [-0.1, -0.05) is 6.92 Å². The fourth-order valence-electron chi connectivity index (χ4n) is 2.52. The van der Waals surface area contributed by atoms with Crippen molar-refractivity contribution in [1.29, 1.82) is 0 Å². The van der Waals surface area contributed by atoms with Gasteiger partial charge in [0.25, 0.3) is 0 Å². The number of ether oxygens (including phenoxy) is 3. The zero-order valence-electron chi connectivity index (χ0n) is 12.5. The molecule has 2 aliphatic heterocycles. The molecule has 1 unspecified atom stereocenters. The third-order valence-electron chi connectivity index (χ3n) is 3.63. The van der Waals surface area contributed by atoms with Crippen LogP contribution in [0.1, 0.15) is 20.3 Å². The zero-order valence-corrected chi connectivity index (χ0v) is 12.5. The van der Waals surface area contributed by atoms with Gasteiger partial charge in [-0.25, -0.2) is 4.79 Å². The highest BCUT2D eigenvalue weighted by molar-refractivity contribution is 6.07. The fourth-order valence-corrected chi connectivity index (χ4v) is 2.52. The van der Waals surface area contributed by atoms with Crippen LogP contribution in [0.2, 0.25) is 0 Å². The highest BCUT2D eigenvalue weighted by atomic mass is 16.7. The highest BCUT2D eigenvalue weighted by Gasteiger charge is 2.34. The van der Waals surface area contributed by atoms with Crippen LogP contribution >= 0.6 is 0 Å². The van der Waals surface area contributed by atoms with Crippen LogP contribution in [-0.4, -0.2) is 37.9 Å². The molecular formula is C15H18N2O5. The molecule has 0 aliphatic carbocycles. The molecule has 0 fully saturated rings. The van der Waals surface area contributed by atoms with Crippen molar-refractivity contribution in [2.45, 2.75) is 26.3 Å². The number of carbonyl (C=O) groups is 2. The normalized spacial score (nSPS) is 16.8. The van der Waals surface area contributed by atoms with E-state index >= 15 is 0 Å². The molecule has 1 atom stereocenters. The van der Waals surface area contributed by atoms with Crippen molar-refractivity contribution in [2.24, 2.45) is 0 Å². The molecular weight excluding hydrogens is 288 g/mol. The second kappa shape index (κ2) is 5.75. The Balaban J connectivity index is 1.92. The molecule has 0 saturated heterocycles. The summed E-state index contributed by atoms with van der Waals surface area (Å²) in [5.74, 6) is 0.587. The first kappa shape index (κ1) is 14.5. The van der Waals surface area contributed by atoms with Crippen molar-refractivity contribution in [3.8, 4) is 11.5 Å². The van der Waals surface area contributed by atoms with Crippen LogP contribution in [0, 0.1) is 0 Å². The van der Waals surface area contributed by atoms with Crippen molar-refractivity contribution >= 4 is 23.3 Å². The molecule has 22 heavy (non-hydrogen) atoms. The van der Waals surface area contributed by atoms with Crippen molar-refractivity contribution < 1.29 is 23.8 Å². The molecule has 2 heterocycles.